The van der Waals surface area contributed by atoms with E-state index in [9.17, 15) is 4.79 Å². The van der Waals surface area contributed by atoms with E-state index in [0.717, 1.165) is 26.2 Å². The number of hydrogen-bond donors (Lipinski definition) is 1. The average Bonchev–Trinajstić information content (AvgIpc) is 3.01. The molecule has 0 spiro atoms. The van der Waals surface area contributed by atoms with Crippen LogP contribution < -0.4 is 5.32 Å². The molecule has 4 heteroatoms. The van der Waals surface area contributed by atoms with Crippen LogP contribution >= 0.6 is 0 Å². The fourth-order valence-electron chi connectivity index (χ4n) is 3.92. The maximum atomic E-state index is 12.7. The fraction of sp³-hybridized carbons (Fsp3) is 0.933. The van der Waals surface area contributed by atoms with Crippen molar-refractivity contribution in [1.82, 2.24) is 15.1 Å². The van der Waals surface area contributed by atoms with Crippen LogP contribution in [-0.4, -0.2) is 54.1 Å². The van der Waals surface area contributed by atoms with E-state index in [-0.39, 0.29) is 0 Å². The Kier molecular flexibility index (Phi) is 4.26. The summed E-state index contributed by atoms with van der Waals surface area (Å²) >= 11 is 0. The van der Waals surface area contributed by atoms with E-state index in [1.165, 1.54) is 51.4 Å². The van der Waals surface area contributed by atoms with Crippen molar-refractivity contribution in [3.8, 4) is 0 Å². The second-order valence-electron chi connectivity index (χ2n) is 6.29. The lowest BCUT2D eigenvalue weighted by Crippen LogP contribution is -2.56. The molecule has 0 aromatic carbocycles. The number of likely N-dealkylation sites (tertiary alicyclic amines) is 2. The van der Waals surface area contributed by atoms with Gasteiger partial charge >= 0.3 is 6.03 Å². The van der Waals surface area contributed by atoms with Gasteiger partial charge in [-0.05, 0) is 57.9 Å². The molecule has 0 radical (unpaired) electrons. The molecule has 19 heavy (non-hydrogen) atoms. The predicted molar refractivity (Wildman–Crippen MR) is 76.2 cm³/mol. The van der Waals surface area contributed by atoms with E-state index in [4.69, 9.17) is 0 Å². The summed E-state index contributed by atoms with van der Waals surface area (Å²) < 4.78 is 0. The van der Waals surface area contributed by atoms with Crippen molar-refractivity contribution in [3.05, 3.63) is 0 Å². The highest BCUT2D eigenvalue weighted by Crippen LogP contribution is 2.26. The van der Waals surface area contributed by atoms with Crippen molar-refractivity contribution in [3.63, 3.8) is 0 Å². The Morgan fingerprint density at radius 3 is 2.42 bits per heavy atom. The molecule has 3 saturated heterocycles. The van der Waals surface area contributed by atoms with Crippen molar-refractivity contribution in [2.45, 2.75) is 63.5 Å². The van der Waals surface area contributed by atoms with Crippen molar-refractivity contribution in [2.75, 3.05) is 26.2 Å². The third-order valence-corrected chi connectivity index (χ3v) is 4.98. The summed E-state index contributed by atoms with van der Waals surface area (Å²) in [5.74, 6) is 0. The Labute approximate surface area is 116 Å². The number of carbonyl (C=O) groups is 1. The summed E-state index contributed by atoms with van der Waals surface area (Å²) in [7, 11) is 0. The zero-order valence-corrected chi connectivity index (χ0v) is 11.9. The van der Waals surface area contributed by atoms with Gasteiger partial charge in [0.2, 0.25) is 0 Å². The molecular weight excluding hydrogens is 238 g/mol. The zero-order valence-electron chi connectivity index (χ0n) is 11.9. The lowest BCUT2D eigenvalue weighted by atomic mass is 9.94. The molecule has 0 aliphatic carbocycles. The van der Waals surface area contributed by atoms with Crippen LogP contribution in [-0.2, 0) is 0 Å². The first-order chi connectivity index (χ1) is 9.36. The molecule has 0 aromatic rings. The highest BCUT2D eigenvalue weighted by atomic mass is 16.2. The number of nitrogens with one attached hydrogen (secondary N) is 1. The lowest BCUT2D eigenvalue weighted by molar-refractivity contribution is 0.0964. The van der Waals surface area contributed by atoms with Gasteiger partial charge in [0.05, 0.1) is 0 Å². The predicted octanol–water partition coefficient (Wildman–Crippen LogP) is 2.20. The second kappa shape index (κ2) is 6.12. The number of nitrogens with zero attached hydrogens (tertiary/aromatic N) is 2. The molecule has 0 saturated carbocycles. The lowest BCUT2D eigenvalue weighted by Gasteiger charge is -2.42. The van der Waals surface area contributed by atoms with Crippen LogP contribution in [0.3, 0.4) is 0 Å². The van der Waals surface area contributed by atoms with Crippen molar-refractivity contribution < 1.29 is 4.79 Å². The first-order valence-corrected chi connectivity index (χ1v) is 8.15. The maximum absolute atomic E-state index is 12.7. The summed E-state index contributed by atoms with van der Waals surface area (Å²) in [5, 5.41) is 3.60. The Balaban J connectivity index is 1.66. The first kappa shape index (κ1) is 13.2. The van der Waals surface area contributed by atoms with Gasteiger partial charge in [0.25, 0.3) is 0 Å². The molecule has 0 aromatic heterocycles. The topological polar surface area (TPSA) is 35.6 Å². The van der Waals surface area contributed by atoms with Crippen LogP contribution in [0.4, 0.5) is 4.79 Å². The third kappa shape index (κ3) is 2.88. The van der Waals surface area contributed by atoms with Crippen LogP contribution in [0.1, 0.15) is 51.4 Å². The van der Waals surface area contributed by atoms with Gasteiger partial charge in [-0.3, -0.25) is 0 Å². The maximum Gasteiger partial charge on any atom is 0.320 e. The summed E-state index contributed by atoms with van der Waals surface area (Å²) in [6.07, 6.45) is 9.84. The molecule has 4 nitrogen and oxygen atoms in total. The van der Waals surface area contributed by atoms with E-state index < -0.39 is 0 Å². The number of piperidine rings is 2. The molecule has 3 rings (SSSR count). The van der Waals surface area contributed by atoms with Crippen molar-refractivity contribution >= 4 is 6.03 Å². The third-order valence-electron chi connectivity index (χ3n) is 4.98. The average molecular weight is 265 g/mol. The number of carbonyl (C=O) groups excluding carboxylic acids is 1. The fourth-order valence-corrected chi connectivity index (χ4v) is 3.92. The number of urea groups is 1. The van der Waals surface area contributed by atoms with Crippen LogP contribution in [0.2, 0.25) is 0 Å². The van der Waals surface area contributed by atoms with Crippen molar-refractivity contribution in [2.24, 2.45) is 0 Å². The molecule has 3 aliphatic heterocycles. The van der Waals surface area contributed by atoms with E-state index in [1.807, 2.05) is 0 Å². The van der Waals surface area contributed by atoms with Crippen LogP contribution in [0.15, 0.2) is 0 Å². The normalized spacial score (nSPS) is 32.6. The van der Waals surface area contributed by atoms with E-state index >= 15 is 0 Å². The second-order valence-corrected chi connectivity index (χ2v) is 6.29. The number of hydrogen-bond acceptors (Lipinski definition) is 2. The molecule has 0 bridgehead atoms. The van der Waals surface area contributed by atoms with E-state index in [1.54, 1.807) is 0 Å². The zero-order chi connectivity index (χ0) is 13.1. The minimum absolute atomic E-state index is 0.318. The van der Waals surface area contributed by atoms with Gasteiger partial charge in [0.15, 0.2) is 0 Å². The molecule has 3 aliphatic rings. The Bertz CT molecular complexity index is 309. The summed E-state index contributed by atoms with van der Waals surface area (Å²) in [6.45, 7) is 4.05. The number of rotatable bonds is 1. The van der Waals surface area contributed by atoms with Gasteiger partial charge in [-0.15, -0.1) is 0 Å². The van der Waals surface area contributed by atoms with Crippen LogP contribution in [0.5, 0.6) is 0 Å². The van der Waals surface area contributed by atoms with E-state index in [2.05, 4.69) is 15.1 Å². The molecule has 108 valence electrons. The highest BCUT2D eigenvalue weighted by Gasteiger charge is 2.36. The smallest absolute Gasteiger partial charge is 0.320 e. The Hall–Kier alpha value is -0.770. The van der Waals surface area contributed by atoms with Gasteiger partial charge in [0.1, 0.15) is 0 Å². The van der Waals surface area contributed by atoms with Crippen LogP contribution in [0.25, 0.3) is 0 Å². The van der Waals surface area contributed by atoms with E-state index in [0.29, 0.717) is 18.1 Å². The van der Waals surface area contributed by atoms with Gasteiger partial charge < -0.3 is 15.1 Å². The molecule has 3 fully saturated rings. The van der Waals surface area contributed by atoms with Gasteiger partial charge in [0, 0.05) is 31.7 Å². The molecular formula is C15H27N3O. The molecule has 2 amide bonds. The standard InChI is InChI=1S/C15H27N3O/c19-15(17-10-3-1-4-11-17)18-12-5-2-8-14(18)13-7-6-9-16-13/h13-14,16H,1-12H2. The molecule has 1 N–H and O–H groups in total. The largest absolute Gasteiger partial charge is 0.325 e. The molecule has 2 unspecified atom stereocenters. The summed E-state index contributed by atoms with van der Waals surface area (Å²) in [5.41, 5.74) is 0. The quantitative estimate of drug-likeness (QED) is 0.789. The molecule has 2 atom stereocenters. The monoisotopic (exact) mass is 265 g/mol. The Morgan fingerprint density at radius 2 is 1.68 bits per heavy atom. The number of amides is 2. The SMILES string of the molecule is O=C(N1CCCCC1)N1CCCCC1C1CCCN1. The minimum Gasteiger partial charge on any atom is -0.325 e. The first-order valence-electron chi connectivity index (χ1n) is 8.15. The summed E-state index contributed by atoms with van der Waals surface area (Å²) in [4.78, 5) is 17.0. The van der Waals surface area contributed by atoms with Crippen LogP contribution in [0, 0.1) is 0 Å². The molecule has 3 heterocycles. The minimum atomic E-state index is 0.318. The van der Waals surface area contributed by atoms with Gasteiger partial charge in [-0.1, -0.05) is 0 Å². The summed E-state index contributed by atoms with van der Waals surface area (Å²) in [6, 6.07) is 1.32. The van der Waals surface area contributed by atoms with Gasteiger partial charge in [-0.2, -0.15) is 0 Å². The van der Waals surface area contributed by atoms with Crippen molar-refractivity contribution in [1.29, 1.82) is 0 Å². The highest BCUT2D eigenvalue weighted by molar-refractivity contribution is 5.75. The van der Waals surface area contributed by atoms with Gasteiger partial charge in [-0.25, -0.2) is 4.79 Å². The Morgan fingerprint density at radius 1 is 0.895 bits per heavy atom.